The van der Waals surface area contributed by atoms with E-state index in [4.69, 9.17) is 0 Å². The van der Waals surface area contributed by atoms with Gasteiger partial charge in [0, 0.05) is 44.0 Å². The first-order chi connectivity index (χ1) is 15.3. The van der Waals surface area contributed by atoms with Crippen molar-refractivity contribution in [3.05, 3.63) is 56.5 Å². The first-order valence-electron chi connectivity index (χ1n) is 11.5. The number of aromatic amines is 1. The fourth-order valence-electron chi connectivity index (χ4n) is 4.59. The minimum Gasteiger partial charge on any atom is -0.339 e. The van der Waals surface area contributed by atoms with Crippen LogP contribution in [0.5, 0.6) is 0 Å². The first kappa shape index (κ1) is 22.2. The van der Waals surface area contributed by atoms with E-state index in [0.29, 0.717) is 30.2 Å². The third kappa shape index (κ3) is 4.45. The van der Waals surface area contributed by atoms with Crippen LogP contribution in [0.3, 0.4) is 0 Å². The molecule has 0 saturated carbocycles. The van der Waals surface area contributed by atoms with Gasteiger partial charge < -0.3 is 14.8 Å². The molecule has 0 aromatic carbocycles. The summed E-state index contributed by atoms with van der Waals surface area (Å²) in [5.41, 5.74) is 2.71. The molecule has 1 atom stereocenters. The number of hydrogen-bond acceptors (Lipinski definition) is 5. The van der Waals surface area contributed by atoms with Crippen molar-refractivity contribution in [3.8, 4) is 0 Å². The van der Waals surface area contributed by atoms with E-state index in [-0.39, 0.29) is 28.9 Å². The number of carbonyl (C=O) groups excluding carboxylic acids is 2. The Bertz CT molecular complexity index is 1090. The summed E-state index contributed by atoms with van der Waals surface area (Å²) >= 11 is 0. The molecular formula is C24H31N5O3. The highest BCUT2D eigenvalue weighted by Gasteiger charge is 2.29. The van der Waals surface area contributed by atoms with Crippen LogP contribution in [0, 0.1) is 20.8 Å². The van der Waals surface area contributed by atoms with Gasteiger partial charge in [-0.15, -0.1) is 0 Å². The Morgan fingerprint density at radius 1 is 0.969 bits per heavy atom. The molecule has 170 valence electrons. The van der Waals surface area contributed by atoms with E-state index in [1.165, 1.54) is 6.42 Å². The largest absolute Gasteiger partial charge is 0.339 e. The lowest BCUT2D eigenvalue weighted by Gasteiger charge is -2.32. The number of likely N-dealkylation sites (tertiary alicyclic amines) is 2. The number of carbonyl (C=O) groups is 2. The van der Waals surface area contributed by atoms with Crippen LogP contribution in [0.2, 0.25) is 0 Å². The summed E-state index contributed by atoms with van der Waals surface area (Å²) in [5, 5.41) is 0. The Kier molecular flexibility index (Phi) is 6.39. The Balaban J connectivity index is 1.50. The van der Waals surface area contributed by atoms with Crippen LogP contribution >= 0.6 is 0 Å². The van der Waals surface area contributed by atoms with Crippen LogP contribution in [0.25, 0.3) is 0 Å². The highest BCUT2D eigenvalue weighted by molar-refractivity contribution is 5.95. The van der Waals surface area contributed by atoms with Crippen LogP contribution in [0.4, 0.5) is 0 Å². The number of aryl methyl sites for hydroxylation is 3. The van der Waals surface area contributed by atoms with Gasteiger partial charge in [0.1, 0.15) is 11.4 Å². The molecule has 32 heavy (non-hydrogen) atoms. The van der Waals surface area contributed by atoms with E-state index in [2.05, 4.69) is 15.0 Å². The van der Waals surface area contributed by atoms with Gasteiger partial charge in [-0.2, -0.15) is 0 Å². The molecule has 2 saturated heterocycles. The van der Waals surface area contributed by atoms with Crippen LogP contribution in [-0.2, 0) is 0 Å². The Hall–Kier alpha value is -3.03. The predicted molar refractivity (Wildman–Crippen MR) is 121 cm³/mol. The third-order valence-corrected chi connectivity index (χ3v) is 6.67. The fraction of sp³-hybridized carbons (Fsp3) is 0.542. The van der Waals surface area contributed by atoms with E-state index >= 15 is 0 Å². The Labute approximate surface area is 188 Å². The van der Waals surface area contributed by atoms with Gasteiger partial charge in [-0.3, -0.25) is 14.4 Å². The lowest BCUT2D eigenvalue weighted by Crippen LogP contribution is -2.41. The molecule has 2 aliphatic rings. The maximum absolute atomic E-state index is 13.1. The van der Waals surface area contributed by atoms with Gasteiger partial charge in [0.2, 0.25) is 0 Å². The van der Waals surface area contributed by atoms with Crippen LogP contribution in [-0.4, -0.2) is 62.7 Å². The maximum atomic E-state index is 13.1. The molecule has 0 aliphatic carbocycles. The van der Waals surface area contributed by atoms with Crippen molar-refractivity contribution in [2.24, 2.45) is 0 Å². The zero-order valence-corrected chi connectivity index (χ0v) is 19.1. The highest BCUT2D eigenvalue weighted by Crippen LogP contribution is 2.26. The molecule has 1 unspecified atom stereocenters. The molecule has 2 amide bonds. The van der Waals surface area contributed by atoms with Crippen molar-refractivity contribution in [1.29, 1.82) is 0 Å². The molecule has 0 bridgehead atoms. The summed E-state index contributed by atoms with van der Waals surface area (Å²) in [4.78, 5) is 53.8. The van der Waals surface area contributed by atoms with Gasteiger partial charge in [0.25, 0.3) is 17.4 Å². The smallest absolute Gasteiger partial charge is 0.261 e. The van der Waals surface area contributed by atoms with Crippen molar-refractivity contribution >= 4 is 11.8 Å². The lowest BCUT2D eigenvalue weighted by atomic mass is 9.96. The van der Waals surface area contributed by atoms with Crippen molar-refractivity contribution in [2.75, 3.05) is 26.2 Å². The minimum absolute atomic E-state index is 0.00293. The van der Waals surface area contributed by atoms with Crippen molar-refractivity contribution < 1.29 is 9.59 Å². The zero-order chi connectivity index (χ0) is 22.8. The number of hydrogen-bond donors (Lipinski definition) is 1. The van der Waals surface area contributed by atoms with E-state index < -0.39 is 0 Å². The fourth-order valence-corrected chi connectivity index (χ4v) is 4.59. The van der Waals surface area contributed by atoms with Crippen LogP contribution in [0.1, 0.15) is 81.5 Å². The highest BCUT2D eigenvalue weighted by atomic mass is 16.2. The van der Waals surface area contributed by atoms with Gasteiger partial charge in [-0.1, -0.05) is 0 Å². The topological polar surface area (TPSA) is 99.3 Å². The summed E-state index contributed by atoms with van der Waals surface area (Å²) in [5.74, 6) is 0.385. The summed E-state index contributed by atoms with van der Waals surface area (Å²) in [6, 6.07) is 1.67. The van der Waals surface area contributed by atoms with E-state index in [9.17, 15) is 14.4 Å². The van der Waals surface area contributed by atoms with Gasteiger partial charge in [0.05, 0.1) is 11.3 Å². The monoisotopic (exact) mass is 437 g/mol. The average molecular weight is 438 g/mol. The number of amides is 2. The van der Waals surface area contributed by atoms with Gasteiger partial charge in [0.15, 0.2) is 0 Å². The second-order valence-corrected chi connectivity index (χ2v) is 8.99. The standard InChI is InChI=1S/C24H31N5O3/c1-15-12-19(22(30)27-16(15)2)23(31)29-11-7-8-18(14-29)21-25-13-20(17(3)26-21)24(32)28-9-5-4-6-10-28/h12-13,18H,4-11,14H2,1-3H3,(H,27,30). The molecule has 8 heteroatoms. The number of aromatic nitrogens is 3. The van der Waals surface area contributed by atoms with E-state index in [0.717, 1.165) is 50.0 Å². The van der Waals surface area contributed by atoms with Crippen molar-refractivity contribution in [2.45, 2.75) is 58.8 Å². The lowest BCUT2D eigenvalue weighted by molar-refractivity contribution is 0.0702. The number of piperidine rings is 2. The van der Waals surface area contributed by atoms with Crippen molar-refractivity contribution in [1.82, 2.24) is 24.8 Å². The molecule has 1 N–H and O–H groups in total. The molecule has 0 radical (unpaired) electrons. The summed E-state index contributed by atoms with van der Waals surface area (Å²) in [6.07, 6.45) is 6.58. The number of pyridine rings is 1. The number of nitrogens with one attached hydrogen (secondary N) is 1. The van der Waals surface area contributed by atoms with E-state index in [1.54, 1.807) is 17.2 Å². The van der Waals surface area contributed by atoms with Crippen molar-refractivity contribution in [3.63, 3.8) is 0 Å². The van der Waals surface area contributed by atoms with E-state index in [1.807, 2.05) is 25.7 Å². The molecule has 2 aromatic rings. The molecule has 2 aromatic heterocycles. The summed E-state index contributed by atoms with van der Waals surface area (Å²) in [6.45, 7) is 8.19. The average Bonchev–Trinajstić information content (AvgIpc) is 2.81. The third-order valence-electron chi connectivity index (χ3n) is 6.67. The Morgan fingerprint density at radius 3 is 2.38 bits per heavy atom. The minimum atomic E-state index is -0.354. The molecule has 2 aliphatic heterocycles. The molecular weight excluding hydrogens is 406 g/mol. The number of nitrogens with zero attached hydrogens (tertiary/aromatic N) is 4. The molecule has 8 nitrogen and oxygen atoms in total. The van der Waals surface area contributed by atoms with Crippen LogP contribution in [0.15, 0.2) is 17.1 Å². The SMILES string of the molecule is Cc1cc(C(=O)N2CCCC(c3ncc(C(=O)N4CCCCC4)c(C)n3)C2)c(=O)[nH]c1C. The maximum Gasteiger partial charge on any atom is 0.261 e. The first-order valence-corrected chi connectivity index (χ1v) is 11.5. The number of H-pyrrole nitrogens is 1. The molecule has 0 spiro atoms. The van der Waals surface area contributed by atoms with Gasteiger partial charge in [-0.25, -0.2) is 9.97 Å². The summed E-state index contributed by atoms with van der Waals surface area (Å²) < 4.78 is 0. The van der Waals surface area contributed by atoms with Gasteiger partial charge in [-0.05, 0) is 64.5 Å². The zero-order valence-electron chi connectivity index (χ0n) is 19.1. The second-order valence-electron chi connectivity index (χ2n) is 8.99. The molecule has 4 rings (SSSR count). The second kappa shape index (κ2) is 9.22. The Morgan fingerprint density at radius 2 is 1.66 bits per heavy atom. The van der Waals surface area contributed by atoms with Gasteiger partial charge >= 0.3 is 0 Å². The number of rotatable bonds is 3. The molecule has 4 heterocycles. The normalized spacial score (nSPS) is 19.2. The van der Waals surface area contributed by atoms with Crippen LogP contribution < -0.4 is 5.56 Å². The summed E-state index contributed by atoms with van der Waals surface area (Å²) in [7, 11) is 0. The molecule has 2 fully saturated rings. The quantitative estimate of drug-likeness (QED) is 0.796. The predicted octanol–water partition coefficient (Wildman–Crippen LogP) is 2.74.